The highest BCUT2D eigenvalue weighted by molar-refractivity contribution is 7.18. The van der Waals surface area contributed by atoms with Crippen molar-refractivity contribution in [1.29, 1.82) is 0 Å². The normalized spacial score (nSPS) is 13.4. The first kappa shape index (κ1) is 18.8. The van der Waals surface area contributed by atoms with Crippen LogP contribution in [0.1, 0.15) is 31.9 Å². The topological polar surface area (TPSA) is 55.2 Å². The van der Waals surface area contributed by atoms with Gasteiger partial charge in [0, 0.05) is 17.0 Å². The number of aromatic nitrogens is 2. The van der Waals surface area contributed by atoms with Crippen LogP contribution < -0.4 is 5.56 Å². The molecule has 4 aromatic rings. The zero-order chi connectivity index (χ0) is 20.7. The van der Waals surface area contributed by atoms with Crippen molar-refractivity contribution in [2.45, 2.75) is 26.4 Å². The van der Waals surface area contributed by atoms with E-state index < -0.39 is 0 Å². The molecular formula is C24H21N3O2S. The second kappa shape index (κ2) is 7.54. The fourth-order valence-electron chi connectivity index (χ4n) is 4.07. The number of hydrogen-bond acceptors (Lipinski definition) is 4. The maximum Gasteiger partial charge on any atom is 0.262 e. The van der Waals surface area contributed by atoms with Gasteiger partial charge in [-0.25, -0.2) is 4.98 Å². The molecule has 0 aliphatic carbocycles. The summed E-state index contributed by atoms with van der Waals surface area (Å²) >= 11 is 1.53. The molecule has 1 aliphatic heterocycles. The Labute approximate surface area is 178 Å². The molecule has 0 spiro atoms. The van der Waals surface area contributed by atoms with Gasteiger partial charge < -0.3 is 4.90 Å². The number of fused-ring (bicyclic) bond motifs is 3. The van der Waals surface area contributed by atoms with Gasteiger partial charge in [-0.15, -0.1) is 11.3 Å². The van der Waals surface area contributed by atoms with Gasteiger partial charge in [0.1, 0.15) is 4.83 Å². The molecule has 5 rings (SSSR count). The van der Waals surface area contributed by atoms with E-state index in [9.17, 15) is 9.59 Å². The van der Waals surface area contributed by atoms with Gasteiger partial charge in [-0.1, -0.05) is 48.5 Å². The van der Waals surface area contributed by atoms with Crippen LogP contribution in [0.5, 0.6) is 0 Å². The molecule has 0 fully saturated rings. The van der Waals surface area contributed by atoms with Gasteiger partial charge in [-0.2, -0.15) is 0 Å². The lowest BCUT2D eigenvalue weighted by Crippen LogP contribution is -2.36. The monoisotopic (exact) mass is 415 g/mol. The number of hydrogen-bond donors (Lipinski definition) is 0. The first-order chi connectivity index (χ1) is 14.6. The SMILES string of the molecule is Cc1ccccc1C(=O)N1CCc2c(sc3ncn(Cc4ccccc4)c(=O)c23)C1. The zero-order valence-corrected chi connectivity index (χ0v) is 17.5. The number of amides is 1. The fraction of sp³-hybridized carbons (Fsp3) is 0.208. The van der Waals surface area contributed by atoms with Gasteiger partial charge >= 0.3 is 0 Å². The molecule has 0 saturated carbocycles. The van der Waals surface area contributed by atoms with Gasteiger partial charge in [0.05, 0.1) is 24.8 Å². The van der Waals surface area contributed by atoms with Gasteiger partial charge in [0.15, 0.2) is 0 Å². The van der Waals surface area contributed by atoms with Crippen LogP contribution in [0.3, 0.4) is 0 Å². The lowest BCUT2D eigenvalue weighted by atomic mass is 10.0. The van der Waals surface area contributed by atoms with Crippen LogP contribution in [0.4, 0.5) is 0 Å². The van der Waals surface area contributed by atoms with E-state index >= 15 is 0 Å². The molecule has 150 valence electrons. The van der Waals surface area contributed by atoms with Crippen LogP contribution in [0, 0.1) is 6.92 Å². The third-order valence-electron chi connectivity index (χ3n) is 5.69. The predicted molar refractivity (Wildman–Crippen MR) is 119 cm³/mol. The third-order valence-corrected chi connectivity index (χ3v) is 6.81. The number of carbonyl (C=O) groups excluding carboxylic acids is 1. The van der Waals surface area contributed by atoms with Gasteiger partial charge in [0.25, 0.3) is 11.5 Å². The first-order valence-electron chi connectivity index (χ1n) is 10.0. The number of benzene rings is 2. The quantitative estimate of drug-likeness (QED) is 0.508. The Morgan fingerprint density at radius 1 is 1.10 bits per heavy atom. The van der Waals surface area contributed by atoms with E-state index in [1.165, 1.54) is 11.3 Å². The smallest absolute Gasteiger partial charge is 0.262 e. The molecule has 30 heavy (non-hydrogen) atoms. The average Bonchev–Trinajstić information content (AvgIpc) is 3.15. The Morgan fingerprint density at radius 2 is 1.87 bits per heavy atom. The summed E-state index contributed by atoms with van der Waals surface area (Å²) in [6.45, 7) is 3.60. The molecule has 6 heteroatoms. The van der Waals surface area contributed by atoms with Gasteiger partial charge in [-0.05, 0) is 36.1 Å². The van der Waals surface area contributed by atoms with Crippen LogP contribution in [-0.2, 0) is 19.5 Å². The molecular weight excluding hydrogens is 394 g/mol. The van der Waals surface area contributed by atoms with Crippen molar-refractivity contribution >= 4 is 27.5 Å². The summed E-state index contributed by atoms with van der Waals surface area (Å²) in [6, 6.07) is 17.6. The summed E-state index contributed by atoms with van der Waals surface area (Å²) in [4.78, 5) is 34.5. The van der Waals surface area contributed by atoms with E-state index in [0.29, 0.717) is 26.1 Å². The molecule has 0 bridgehead atoms. The van der Waals surface area contributed by atoms with E-state index in [0.717, 1.165) is 37.3 Å². The Bertz CT molecular complexity index is 1310. The van der Waals surface area contributed by atoms with E-state index in [1.54, 1.807) is 10.9 Å². The highest BCUT2D eigenvalue weighted by atomic mass is 32.1. The van der Waals surface area contributed by atoms with Crippen molar-refractivity contribution in [3.8, 4) is 0 Å². The van der Waals surface area contributed by atoms with Crippen molar-refractivity contribution in [2.24, 2.45) is 0 Å². The predicted octanol–water partition coefficient (Wildman–Crippen LogP) is 4.01. The molecule has 0 unspecified atom stereocenters. The third kappa shape index (κ3) is 3.23. The average molecular weight is 416 g/mol. The highest BCUT2D eigenvalue weighted by Crippen LogP contribution is 2.33. The number of carbonyl (C=O) groups is 1. The molecule has 3 heterocycles. The van der Waals surface area contributed by atoms with E-state index in [4.69, 9.17) is 0 Å². The van der Waals surface area contributed by atoms with Gasteiger partial charge in [0.2, 0.25) is 0 Å². The van der Waals surface area contributed by atoms with Crippen molar-refractivity contribution in [2.75, 3.05) is 6.54 Å². The lowest BCUT2D eigenvalue weighted by molar-refractivity contribution is 0.0736. The summed E-state index contributed by atoms with van der Waals surface area (Å²) in [5, 5.41) is 0.719. The summed E-state index contributed by atoms with van der Waals surface area (Å²) < 4.78 is 1.68. The van der Waals surface area contributed by atoms with E-state index in [2.05, 4.69) is 4.98 Å². The van der Waals surface area contributed by atoms with Crippen LogP contribution in [0.15, 0.2) is 65.7 Å². The van der Waals surface area contributed by atoms with Gasteiger partial charge in [-0.3, -0.25) is 14.2 Å². The molecule has 0 radical (unpaired) electrons. The Hall–Kier alpha value is -3.25. The molecule has 2 aromatic carbocycles. The lowest BCUT2D eigenvalue weighted by Gasteiger charge is -2.27. The molecule has 1 aliphatic rings. The summed E-state index contributed by atoms with van der Waals surface area (Å²) in [6.07, 6.45) is 2.31. The summed E-state index contributed by atoms with van der Waals surface area (Å²) in [7, 11) is 0. The largest absolute Gasteiger partial charge is 0.333 e. The minimum absolute atomic E-state index is 0.0000309. The van der Waals surface area contributed by atoms with E-state index in [1.807, 2.05) is 66.4 Å². The molecule has 0 atom stereocenters. The van der Waals surface area contributed by atoms with Crippen LogP contribution in [0.25, 0.3) is 10.2 Å². The Morgan fingerprint density at radius 3 is 2.67 bits per heavy atom. The molecule has 2 aromatic heterocycles. The Balaban J connectivity index is 1.48. The van der Waals surface area contributed by atoms with Crippen LogP contribution in [0.2, 0.25) is 0 Å². The maximum atomic E-state index is 13.2. The van der Waals surface area contributed by atoms with E-state index in [-0.39, 0.29) is 11.5 Å². The highest BCUT2D eigenvalue weighted by Gasteiger charge is 2.27. The van der Waals surface area contributed by atoms with Crippen molar-refractivity contribution < 1.29 is 4.79 Å². The fourth-order valence-corrected chi connectivity index (χ4v) is 5.26. The zero-order valence-electron chi connectivity index (χ0n) is 16.7. The summed E-state index contributed by atoms with van der Waals surface area (Å²) in [5.74, 6) is 0.0469. The minimum atomic E-state index is 0.0000309. The van der Waals surface area contributed by atoms with Crippen LogP contribution >= 0.6 is 11.3 Å². The molecule has 1 amide bonds. The van der Waals surface area contributed by atoms with Crippen molar-refractivity contribution in [1.82, 2.24) is 14.5 Å². The number of rotatable bonds is 3. The summed E-state index contributed by atoms with van der Waals surface area (Å²) in [5.41, 5.74) is 3.85. The standard InChI is InChI=1S/C24H21N3O2S/c1-16-7-5-6-10-18(16)23(28)26-12-11-19-20(14-26)30-22-21(19)24(29)27(15-25-22)13-17-8-3-2-4-9-17/h2-10,15H,11-14H2,1H3. The molecule has 5 nitrogen and oxygen atoms in total. The number of nitrogens with zero attached hydrogens (tertiary/aromatic N) is 3. The number of aryl methyl sites for hydroxylation is 1. The van der Waals surface area contributed by atoms with Crippen LogP contribution in [-0.4, -0.2) is 26.9 Å². The minimum Gasteiger partial charge on any atom is -0.333 e. The number of thiophene rings is 1. The molecule has 0 saturated heterocycles. The molecule has 0 N–H and O–H groups in total. The second-order valence-electron chi connectivity index (χ2n) is 7.64. The van der Waals surface area contributed by atoms with Crippen molar-refractivity contribution in [3.05, 3.63) is 98.4 Å². The Kier molecular flexibility index (Phi) is 4.71. The maximum absolute atomic E-state index is 13.2. The van der Waals surface area contributed by atoms with Crippen molar-refractivity contribution in [3.63, 3.8) is 0 Å². The first-order valence-corrected chi connectivity index (χ1v) is 10.8. The second-order valence-corrected chi connectivity index (χ2v) is 8.72.